The number of nitrogens with two attached hydrogens (primary N) is 1. The van der Waals surface area contributed by atoms with Gasteiger partial charge in [-0.05, 0) is 43.9 Å². The van der Waals surface area contributed by atoms with E-state index < -0.39 is 0 Å². The van der Waals surface area contributed by atoms with Gasteiger partial charge in [-0.25, -0.2) is 4.68 Å². The van der Waals surface area contributed by atoms with Crippen molar-refractivity contribution in [3.05, 3.63) is 35.5 Å². The molecule has 0 spiro atoms. The highest BCUT2D eigenvalue weighted by atomic mass is 15.4. The zero-order valence-electron chi connectivity index (χ0n) is 13.9. The topological polar surface area (TPSA) is 55.9 Å². The Bertz CT molecular complexity index is 615. The van der Waals surface area contributed by atoms with Crippen LogP contribution >= 0.6 is 0 Å². The molecule has 21 heavy (non-hydrogen) atoms. The highest BCUT2D eigenvalue weighted by Crippen LogP contribution is 2.30. The van der Waals surface area contributed by atoms with Gasteiger partial charge in [-0.15, -0.1) is 0 Å². The van der Waals surface area contributed by atoms with Crippen molar-refractivity contribution in [3.8, 4) is 0 Å². The number of benzene rings is 1. The highest BCUT2D eigenvalue weighted by molar-refractivity contribution is 5.71. The first kappa shape index (κ1) is 15.4. The van der Waals surface area contributed by atoms with Gasteiger partial charge in [0.2, 0.25) is 0 Å². The molecule has 1 aromatic heterocycles. The molecule has 1 heterocycles. The van der Waals surface area contributed by atoms with Crippen LogP contribution in [-0.4, -0.2) is 9.78 Å². The summed E-state index contributed by atoms with van der Waals surface area (Å²) in [5, 5.41) is 7.89. The maximum atomic E-state index is 6.14. The minimum absolute atomic E-state index is 0.161. The van der Waals surface area contributed by atoms with E-state index in [0.29, 0.717) is 5.69 Å². The van der Waals surface area contributed by atoms with E-state index in [4.69, 9.17) is 5.73 Å². The monoisotopic (exact) mass is 286 g/mol. The second-order valence-corrected chi connectivity index (χ2v) is 6.84. The van der Waals surface area contributed by atoms with Crippen molar-refractivity contribution < 1.29 is 0 Å². The van der Waals surface area contributed by atoms with E-state index in [9.17, 15) is 0 Å². The second kappa shape index (κ2) is 5.43. The molecular weight excluding hydrogens is 260 g/mol. The molecule has 0 radical (unpaired) electrons. The summed E-state index contributed by atoms with van der Waals surface area (Å²) in [7, 11) is 0. The molecule has 0 amide bonds. The molecule has 0 saturated heterocycles. The molecule has 2 aromatic rings. The van der Waals surface area contributed by atoms with Gasteiger partial charge in [0, 0.05) is 11.7 Å². The van der Waals surface area contributed by atoms with Crippen LogP contribution < -0.4 is 11.1 Å². The Kier molecular flexibility index (Phi) is 3.99. The third-order valence-corrected chi connectivity index (χ3v) is 3.63. The molecule has 0 fully saturated rings. The van der Waals surface area contributed by atoms with Crippen molar-refractivity contribution in [1.82, 2.24) is 9.78 Å². The maximum absolute atomic E-state index is 6.14. The number of nitrogen functional groups attached to an aromatic ring is 1. The Morgan fingerprint density at radius 1 is 1.14 bits per heavy atom. The van der Waals surface area contributed by atoms with Crippen molar-refractivity contribution in [1.29, 1.82) is 0 Å². The number of rotatable bonds is 3. The minimum Gasteiger partial charge on any atom is -0.394 e. The third kappa shape index (κ3) is 3.20. The molecule has 4 nitrogen and oxygen atoms in total. The van der Waals surface area contributed by atoms with Crippen molar-refractivity contribution in [3.63, 3.8) is 0 Å². The molecule has 0 bridgehead atoms. The van der Waals surface area contributed by atoms with Crippen LogP contribution in [0.1, 0.15) is 51.9 Å². The van der Waals surface area contributed by atoms with E-state index in [2.05, 4.69) is 69.3 Å². The van der Waals surface area contributed by atoms with E-state index in [1.807, 2.05) is 11.6 Å². The number of anilines is 3. The fourth-order valence-corrected chi connectivity index (χ4v) is 2.25. The van der Waals surface area contributed by atoms with Crippen LogP contribution in [0.3, 0.4) is 0 Å². The van der Waals surface area contributed by atoms with Gasteiger partial charge in [0.25, 0.3) is 0 Å². The average molecular weight is 286 g/mol. The Labute approximate surface area is 127 Å². The lowest BCUT2D eigenvalue weighted by molar-refractivity contribution is 0.536. The predicted octanol–water partition coefficient (Wildman–Crippen LogP) is 4.40. The number of nitrogens with one attached hydrogen (secondary N) is 1. The summed E-state index contributed by atoms with van der Waals surface area (Å²) in [6.07, 6.45) is 0. The number of nitrogens with zero attached hydrogens (tertiary/aromatic N) is 2. The molecule has 0 aliphatic heterocycles. The van der Waals surface area contributed by atoms with Crippen LogP contribution in [-0.2, 0) is 5.41 Å². The van der Waals surface area contributed by atoms with E-state index in [0.717, 1.165) is 17.2 Å². The van der Waals surface area contributed by atoms with Crippen LogP contribution in [0.15, 0.2) is 24.3 Å². The van der Waals surface area contributed by atoms with E-state index >= 15 is 0 Å². The molecule has 1 aromatic carbocycles. The van der Waals surface area contributed by atoms with Crippen molar-refractivity contribution in [2.24, 2.45) is 0 Å². The molecule has 0 saturated carbocycles. The van der Waals surface area contributed by atoms with Gasteiger partial charge in [0.05, 0.1) is 11.4 Å². The van der Waals surface area contributed by atoms with E-state index in [1.165, 1.54) is 5.56 Å². The first-order valence-electron chi connectivity index (χ1n) is 7.42. The number of aryl methyl sites for hydroxylation is 1. The minimum atomic E-state index is 0.161. The number of aromatic nitrogens is 2. The Morgan fingerprint density at radius 3 is 2.19 bits per heavy atom. The lowest BCUT2D eigenvalue weighted by Crippen LogP contribution is -2.11. The predicted molar refractivity (Wildman–Crippen MR) is 90.2 cm³/mol. The molecule has 0 aliphatic carbocycles. The first-order chi connectivity index (χ1) is 9.70. The zero-order valence-corrected chi connectivity index (χ0v) is 13.9. The third-order valence-electron chi connectivity index (χ3n) is 3.63. The van der Waals surface area contributed by atoms with Gasteiger partial charge >= 0.3 is 0 Å². The Balaban J connectivity index is 2.30. The second-order valence-electron chi connectivity index (χ2n) is 6.84. The summed E-state index contributed by atoms with van der Waals surface area (Å²) < 4.78 is 1.93. The fourth-order valence-electron chi connectivity index (χ4n) is 2.25. The van der Waals surface area contributed by atoms with Crippen LogP contribution in [0, 0.1) is 6.92 Å². The van der Waals surface area contributed by atoms with Gasteiger partial charge in [-0.1, -0.05) is 32.9 Å². The molecule has 0 unspecified atom stereocenters. The summed E-state index contributed by atoms with van der Waals surface area (Å²) in [6, 6.07) is 8.75. The molecule has 2 rings (SSSR count). The van der Waals surface area contributed by atoms with E-state index in [-0.39, 0.29) is 11.5 Å². The van der Waals surface area contributed by atoms with Crippen molar-refractivity contribution in [2.45, 2.75) is 53.0 Å². The summed E-state index contributed by atoms with van der Waals surface area (Å²) in [5.41, 5.74) is 10.2. The number of hydrogen-bond donors (Lipinski definition) is 2. The van der Waals surface area contributed by atoms with Crippen molar-refractivity contribution in [2.75, 3.05) is 11.1 Å². The van der Waals surface area contributed by atoms with Gasteiger partial charge < -0.3 is 11.1 Å². The zero-order chi connectivity index (χ0) is 15.8. The fraction of sp³-hybridized carbons (Fsp3) is 0.471. The lowest BCUT2D eigenvalue weighted by atomic mass is 9.87. The Hall–Kier alpha value is -1.97. The number of hydrogen-bond acceptors (Lipinski definition) is 3. The molecule has 3 N–H and O–H groups in total. The summed E-state index contributed by atoms with van der Waals surface area (Å²) in [4.78, 5) is 0. The smallest absolute Gasteiger partial charge is 0.152 e. The molecule has 4 heteroatoms. The van der Waals surface area contributed by atoms with Gasteiger partial charge in [-0.3, -0.25) is 0 Å². The average Bonchev–Trinajstić information content (AvgIpc) is 2.67. The summed E-state index contributed by atoms with van der Waals surface area (Å²) >= 11 is 0. The van der Waals surface area contributed by atoms with Gasteiger partial charge in [0.1, 0.15) is 0 Å². The molecule has 114 valence electrons. The van der Waals surface area contributed by atoms with Crippen molar-refractivity contribution >= 4 is 17.2 Å². The summed E-state index contributed by atoms with van der Waals surface area (Å²) in [5.74, 6) is 0.867. The first-order valence-corrected chi connectivity index (χ1v) is 7.42. The normalized spacial score (nSPS) is 12.0. The maximum Gasteiger partial charge on any atom is 0.152 e. The van der Waals surface area contributed by atoms with E-state index in [1.54, 1.807) is 0 Å². The molecule has 0 aliphatic rings. The Morgan fingerprint density at radius 2 is 1.71 bits per heavy atom. The van der Waals surface area contributed by atoms with Gasteiger partial charge in [-0.2, -0.15) is 5.10 Å². The standard InChI is InChI=1S/C17H26N4/c1-11(2)21-16(15(18)12(3)20-21)19-14-9-7-13(8-10-14)17(4,5)6/h7-11,19H,18H2,1-6H3. The largest absolute Gasteiger partial charge is 0.394 e. The van der Waals surface area contributed by atoms with Crippen LogP contribution in [0.5, 0.6) is 0 Å². The van der Waals surface area contributed by atoms with Crippen LogP contribution in [0.4, 0.5) is 17.2 Å². The SMILES string of the molecule is Cc1nn(C(C)C)c(Nc2ccc(C(C)(C)C)cc2)c1N. The quantitative estimate of drug-likeness (QED) is 0.879. The van der Waals surface area contributed by atoms with Gasteiger partial charge in [0.15, 0.2) is 5.82 Å². The van der Waals surface area contributed by atoms with Crippen LogP contribution in [0.25, 0.3) is 0 Å². The molecular formula is C17H26N4. The van der Waals surface area contributed by atoms with Crippen LogP contribution in [0.2, 0.25) is 0 Å². The molecule has 0 atom stereocenters. The lowest BCUT2D eigenvalue weighted by Gasteiger charge is -2.19. The summed E-state index contributed by atoms with van der Waals surface area (Å²) in [6.45, 7) is 12.8. The highest BCUT2D eigenvalue weighted by Gasteiger charge is 2.16.